The van der Waals surface area contributed by atoms with Crippen LogP contribution >= 0.6 is 11.6 Å². The first-order chi connectivity index (χ1) is 9.65. The maximum atomic E-state index is 11.5. The Labute approximate surface area is 121 Å². The monoisotopic (exact) mass is 282 g/mol. The Balaban J connectivity index is 2.29. The van der Waals surface area contributed by atoms with E-state index in [0.29, 0.717) is 16.1 Å². The van der Waals surface area contributed by atoms with E-state index in [-0.39, 0.29) is 0 Å². The molecule has 1 N–H and O–H groups in total. The van der Waals surface area contributed by atoms with E-state index in [9.17, 15) is 9.90 Å². The highest BCUT2D eigenvalue weighted by Crippen LogP contribution is 2.29. The molecule has 3 heteroatoms. The van der Waals surface area contributed by atoms with Crippen LogP contribution < -0.4 is 0 Å². The van der Waals surface area contributed by atoms with Crippen molar-refractivity contribution in [1.82, 2.24) is 0 Å². The van der Waals surface area contributed by atoms with E-state index in [1.165, 1.54) is 0 Å². The second-order valence-electron chi connectivity index (χ2n) is 4.56. The third kappa shape index (κ3) is 2.26. The highest BCUT2D eigenvalue weighted by atomic mass is 35.5. The van der Waals surface area contributed by atoms with E-state index >= 15 is 0 Å². The first-order valence-electron chi connectivity index (χ1n) is 6.17. The third-order valence-corrected chi connectivity index (χ3v) is 3.52. The van der Waals surface area contributed by atoms with Crippen molar-refractivity contribution in [2.75, 3.05) is 0 Å². The summed E-state index contributed by atoms with van der Waals surface area (Å²) >= 11 is 5.88. The summed E-state index contributed by atoms with van der Waals surface area (Å²) in [6.45, 7) is 0. The van der Waals surface area contributed by atoms with Gasteiger partial charge in [0.15, 0.2) is 0 Å². The summed E-state index contributed by atoms with van der Waals surface area (Å²) in [5, 5.41) is 12.0. The van der Waals surface area contributed by atoms with Crippen LogP contribution in [0, 0.1) is 0 Å². The van der Waals surface area contributed by atoms with Crippen LogP contribution in [0.25, 0.3) is 21.9 Å². The van der Waals surface area contributed by atoms with E-state index in [2.05, 4.69) is 0 Å². The largest absolute Gasteiger partial charge is 0.478 e. The minimum atomic E-state index is -0.930. The molecule has 0 spiro atoms. The molecule has 0 amide bonds. The molecule has 0 unspecified atom stereocenters. The molecule has 0 heterocycles. The molecule has 3 aromatic carbocycles. The number of carbonyl (C=O) groups is 1. The zero-order valence-corrected chi connectivity index (χ0v) is 11.3. The molecule has 0 aromatic heterocycles. The summed E-state index contributed by atoms with van der Waals surface area (Å²) in [6.07, 6.45) is 0. The highest BCUT2D eigenvalue weighted by Gasteiger charge is 2.13. The van der Waals surface area contributed by atoms with Crippen LogP contribution in [0.1, 0.15) is 10.4 Å². The molecular weight excluding hydrogens is 272 g/mol. The van der Waals surface area contributed by atoms with Gasteiger partial charge >= 0.3 is 5.97 Å². The number of rotatable bonds is 2. The molecular formula is C17H11ClO2. The van der Waals surface area contributed by atoms with Crippen molar-refractivity contribution in [3.05, 3.63) is 71.2 Å². The summed E-state index contributed by atoms with van der Waals surface area (Å²) < 4.78 is 0. The summed E-state index contributed by atoms with van der Waals surface area (Å²) in [5.41, 5.74) is 1.84. The fourth-order valence-electron chi connectivity index (χ4n) is 2.29. The quantitative estimate of drug-likeness (QED) is 0.729. The lowest BCUT2D eigenvalue weighted by molar-refractivity contribution is 0.0698. The topological polar surface area (TPSA) is 37.3 Å². The van der Waals surface area contributed by atoms with Gasteiger partial charge in [0, 0.05) is 5.02 Å². The number of halogens is 1. The number of hydrogen-bond acceptors (Lipinski definition) is 1. The van der Waals surface area contributed by atoms with E-state index in [4.69, 9.17) is 11.6 Å². The average Bonchev–Trinajstić information content (AvgIpc) is 2.46. The molecule has 3 rings (SSSR count). The van der Waals surface area contributed by atoms with Gasteiger partial charge in [-0.05, 0) is 46.2 Å². The van der Waals surface area contributed by atoms with E-state index in [0.717, 1.165) is 16.3 Å². The first kappa shape index (κ1) is 12.7. The Morgan fingerprint density at radius 1 is 0.900 bits per heavy atom. The van der Waals surface area contributed by atoms with Crippen molar-refractivity contribution >= 4 is 28.3 Å². The number of benzene rings is 3. The Morgan fingerprint density at radius 2 is 1.50 bits per heavy atom. The van der Waals surface area contributed by atoms with Crippen LogP contribution in [-0.4, -0.2) is 11.1 Å². The van der Waals surface area contributed by atoms with Gasteiger partial charge in [-0.15, -0.1) is 0 Å². The molecule has 0 saturated carbocycles. The number of fused-ring (bicyclic) bond motifs is 1. The van der Waals surface area contributed by atoms with Crippen molar-refractivity contribution in [3.8, 4) is 11.1 Å². The molecule has 0 bridgehead atoms. The lowest BCUT2D eigenvalue weighted by atomic mass is 9.95. The van der Waals surface area contributed by atoms with Gasteiger partial charge in [0.1, 0.15) is 0 Å². The fourth-order valence-corrected chi connectivity index (χ4v) is 2.41. The van der Waals surface area contributed by atoms with E-state index < -0.39 is 5.97 Å². The minimum Gasteiger partial charge on any atom is -0.478 e. The van der Waals surface area contributed by atoms with Crippen LogP contribution in [-0.2, 0) is 0 Å². The maximum absolute atomic E-state index is 11.5. The van der Waals surface area contributed by atoms with Crippen LogP contribution in [0.3, 0.4) is 0 Å². The predicted octanol–water partition coefficient (Wildman–Crippen LogP) is 4.86. The Hall–Kier alpha value is -2.32. The summed E-state index contributed by atoms with van der Waals surface area (Å²) in [4.78, 5) is 11.5. The molecule has 98 valence electrons. The van der Waals surface area contributed by atoms with Crippen LogP contribution in [0.5, 0.6) is 0 Å². The molecule has 2 nitrogen and oxygen atoms in total. The van der Waals surface area contributed by atoms with Gasteiger partial charge < -0.3 is 5.11 Å². The van der Waals surface area contributed by atoms with E-state index in [1.54, 1.807) is 18.2 Å². The van der Waals surface area contributed by atoms with Gasteiger partial charge in [0.05, 0.1) is 5.56 Å². The van der Waals surface area contributed by atoms with Gasteiger partial charge in [0.25, 0.3) is 0 Å². The van der Waals surface area contributed by atoms with Crippen LogP contribution in [0.15, 0.2) is 60.7 Å². The second kappa shape index (κ2) is 4.99. The molecule has 3 aromatic rings. The minimum absolute atomic E-state index is 0.297. The van der Waals surface area contributed by atoms with Gasteiger partial charge in [-0.1, -0.05) is 48.0 Å². The first-order valence-corrected chi connectivity index (χ1v) is 6.55. The van der Waals surface area contributed by atoms with Gasteiger partial charge in [-0.2, -0.15) is 0 Å². The van der Waals surface area contributed by atoms with Crippen LogP contribution in [0.4, 0.5) is 0 Å². The number of hydrogen-bond donors (Lipinski definition) is 1. The summed E-state index contributed by atoms with van der Waals surface area (Å²) in [5.74, 6) is -0.930. The molecule has 0 aliphatic rings. The number of aromatic carboxylic acids is 1. The standard InChI is InChI=1S/C17H11ClO2/c18-14-7-5-11(6-8-14)15-9-12-3-1-2-4-13(12)10-16(15)17(19)20/h1-10H,(H,19,20). The summed E-state index contributed by atoms with van der Waals surface area (Å²) in [7, 11) is 0. The third-order valence-electron chi connectivity index (χ3n) is 3.27. The Bertz CT molecular complexity index is 792. The van der Waals surface area contributed by atoms with Crippen molar-refractivity contribution in [3.63, 3.8) is 0 Å². The predicted molar refractivity (Wildman–Crippen MR) is 81.4 cm³/mol. The van der Waals surface area contributed by atoms with Crippen molar-refractivity contribution < 1.29 is 9.90 Å². The van der Waals surface area contributed by atoms with E-state index in [1.807, 2.05) is 42.5 Å². The van der Waals surface area contributed by atoms with Gasteiger partial charge in [-0.3, -0.25) is 0 Å². The Kier molecular flexibility index (Phi) is 3.17. The highest BCUT2D eigenvalue weighted by molar-refractivity contribution is 6.30. The van der Waals surface area contributed by atoms with Gasteiger partial charge in [-0.25, -0.2) is 4.79 Å². The number of carboxylic acids is 1. The Morgan fingerprint density at radius 3 is 2.10 bits per heavy atom. The zero-order valence-electron chi connectivity index (χ0n) is 10.5. The summed E-state index contributed by atoms with van der Waals surface area (Å²) in [6, 6.07) is 18.5. The molecule has 0 atom stereocenters. The van der Waals surface area contributed by atoms with Crippen molar-refractivity contribution in [2.24, 2.45) is 0 Å². The average molecular weight is 283 g/mol. The second-order valence-corrected chi connectivity index (χ2v) is 4.99. The maximum Gasteiger partial charge on any atom is 0.336 e. The smallest absolute Gasteiger partial charge is 0.336 e. The van der Waals surface area contributed by atoms with Crippen molar-refractivity contribution in [2.45, 2.75) is 0 Å². The number of carboxylic acid groups (broad SMARTS) is 1. The fraction of sp³-hybridized carbons (Fsp3) is 0. The molecule has 0 saturated heterocycles. The zero-order chi connectivity index (χ0) is 14.1. The molecule has 0 aliphatic heterocycles. The SMILES string of the molecule is O=C(O)c1cc2ccccc2cc1-c1ccc(Cl)cc1. The molecule has 20 heavy (non-hydrogen) atoms. The molecule has 0 aliphatic carbocycles. The normalized spacial score (nSPS) is 10.7. The van der Waals surface area contributed by atoms with Gasteiger partial charge in [0.2, 0.25) is 0 Å². The molecule has 0 radical (unpaired) electrons. The molecule has 0 fully saturated rings. The lowest BCUT2D eigenvalue weighted by Gasteiger charge is -2.09. The van der Waals surface area contributed by atoms with Crippen molar-refractivity contribution in [1.29, 1.82) is 0 Å². The van der Waals surface area contributed by atoms with Crippen LogP contribution in [0.2, 0.25) is 5.02 Å². The lowest BCUT2D eigenvalue weighted by Crippen LogP contribution is -1.99.